The Balaban J connectivity index is 1.81. The van der Waals surface area contributed by atoms with Crippen molar-refractivity contribution in [3.05, 3.63) is 54.1 Å². The van der Waals surface area contributed by atoms with Gasteiger partial charge in [-0.25, -0.2) is 4.79 Å². The van der Waals surface area contributed by atoms with Crippen LogP contribution in [0.2, 0.25) is 0 Å². The molecule has 0 saturated heterocycles. The first-order chi connectivity index (χ1) is 11.6. The largest absolute Gasteiger partial charge is 0.497 e. The van der Waals surface area contributed by atoms with Gasteiger partial charge in [0.2, 0.25) is 11.9 Å². The van der Waals surface area contributed by atoms with E-state index in [0.29, 0.717) is 11.6 Å². The van der Waals surface area contributed by atoms with Crippen LogP contribution in [-0.2, 0) is 0 Å². The molecule has 2 aromatic carbocycles. The van der Waals surface area contributed by atoms with Crippen LogP contribution in [0.15, 0.2) is 48.5 Å². The first-order valence-corrected chi connectivity index (χ1v) is 7.04. The van der Waals surface area contributed by atoms with Gasteiger partial charge in [0.25, 0.3) is 0 Å². The van der Waals surface area contributed by atoms with Gasteiger partial charge < -0.3 is 20.9 Å². The zero-order chi connectivity index (χ0) is 17.1. The monoisotopic (exact) mass is 325 g/mol. The molecule has 24 heavy (non-hydrogen) atoms. The van der Waals surface area contributed by atoms with Gasteiger partial charge in [-0.15, -0.1) is 5.10 Å². The maximum Gasteiger partial charge on any atom is 0.335 e. The zero-order valence-corrected chi connectivity index (χ0v) is 12.8. The lowest BCUT2D eigenvalue weighted by molar-refractivity contribution is 0.0697. The van der Waals surface area contributed by atoms with Gasteiger partial charge in [-0.05, 0) is 48.5 Å². The molecule has 1 heterocycles. The highest BCUT2D eigenvalue weighted by Gasteiger charge is 2.10. The summed E-state index contributed by atoms with van der Waals surface area (Å²) in [5, 5.41) is 16.2. The molecule has 3 rings (SSSR count). The second-order valence-corrected chi connectivity index (χ2v) is 4.91. The third-order valence-corrected chi connectivity index (χ3v) is 3.34. The van der Waals surface area contributed by atoms with E-state index in [0.717, 1.165) is 11.4 Å². The van der Waals surface area contributed by atoms with E-state index in [4.69, 9.17) is 15.6 Å². The smallest absolute Gasteiger partial charge is 0.335 e. The van der Waals surface area contributed by atoms with E-state index < -0.39 is 5.97 Å². The van der Waals surface area contributed by atoms with Gasteiger partial charge in [0.05, 0.1) is 18.4 Å². The average Bonchev–Trinajstić information content (AvgIpc) is 2.95. The SMILES string of the molecule is COc1ccc(-n2nc(Nc3ccc(C(=O)O)cc3)nc2N)cc1. The number of nitrogens with one attached hydrogen (secondary N) is 1. The van der Waals surface area contributed by atoms with Crippen molar-refractivity contribution < 1.29 is 14.6 Å². The number of nitrogen functional groups attached to an aromatic ring is 1. The Morgan fingerprint density at radius 1 is 1.17 bits per heavy atom. The van der Waals surface area contributed by atoms with Crippen molar-refractivity contribution in [3.8, 4) is 11.4 Å². The Labute approximate surface area is 137 Å². The van der Waals surface area contributed by atoms with Gasteiger partial charge in [-0.3, -0.25) is 0 Å². The molecule has 0 bridgehead atoms. The minimum absolute atomic E-state index is 0.205. The number of hydrogen-bond acceptors (Lipinski definition) is 6. The van der Waals surface area contributed by atoms with Gasteiger partial charge in [0.1, 0.15) is 5.75 Å². The lowest BCUT2D eigenvalue weighted by Crippen LogP contribution is -2.02. The number of benzene rings is 2. The van der Waals surface area contributed by atoms with Crippen molar-refractivity contribution in [2.45, 2.75) is 0 Å². The van der Waals surface area contributed by atoms with E-state index in [1.165, 1.54) is 16.8 Å². The van der Waals surface area contributed by atoms with E-state index in [-0.39, 0.29) is 11.5 Å². The number of carboxylic acid groups (broad SMARTS) is 1. The van der Waals surface area contributed by atoms with Crippen LogP contribution in [-0.4, -0.2) is 33.0 Å². The maximum absolute atomic E-state index is 10.8. The molecule has 8 nitrogen and oxygen atoms in total. The van der Waals surface area contributed by atoms with Crippen LogP contribution in [0.25, 0.3) is 5.69 Å². The van der Waals surface area contributed by atoms with Crippen LogP contribution in [0.4, 0.5) is 17.6 Å². The topological polar surface area (TPSA) is 115 Å². The third-order valence-electron chi connectivity index (χ3n) is 3.34. The zero-order valence-electron chi connectivity index (χ0n) is 12.8. The Kier molecular flexibility index (Phi) is 4.02. The lowest BCUT2D eigenvalue weighted by Gasteiger charge is -2.04. The third kappa shape index (κ3) is 3.12. The number of anilines is 3. The number of hydrogen-bond donors (Lipinski definition) is 3. The fraction of sp³-hybridized carbons (Fsp3) is 0.0625. The molecule has 122 valence electrons. The van der Waals surface area contributed by atoms with E-state index >= 15 is 0 Å². The van der Waals surface area contributed by atoms with Crippen molar-refractivity contribution >= 4 is 23.6 Å². The predicted molar refractivity (Wildman–Crippen MR) is 89.0 cm³/mol. The highest BCUT2D eigenvalue weighted by Crippen LogP contribution is 2.20. The molecule has 0 aliphatic heterocycles. The van der Waals surface area contributed by atoms with E-state index in [2.05, 4.69) is 15.4 Å². The fourth-order valence-corrected chi connectivity index (χ4v) is 2.12. The number of ether oxygens (including phenoxy) is 1. The number of rotatable bonds is 5. The van der Waals surface area contributed by atoms with Crippen molar-refractivity contribution in [1.82, 2.24) is 14.8 Å². The van der Waals surface area contributed by atoms with Crippen molar-refractivity contribution in [3.63, 3.8) is 0 Å². The molecule has 1 aromatic heterocycles. The molecule has 0 saturated carbocycles. The summed E-state index contributed by atoms with van der Waals surface area (Å²) >= 11 is 0. The summed E-state index contributed by atoms with van der Waals surface area (Å²) in [4.78, 5) is 15.0. The lowest BCUT2D eigenvalue weighted by atomic mass is 10.2. The Morgan fingerprint density at radius 2 is 1.83 bits per heavy atom. The number of nitrogens with two attached hydrogens (primary N) is 1. The molecule has 0 radical (unpaired) electrons. The van der Waals surface area contributed by atoms with Gasteiger partial charge >= 0.3 is 5.97 Å². The second kappa shape index (κ2) is 6.29. The fourth-order valence-electron chi connectivity index (χ4n) is 2.12. The molecule has 0 spiro atoms. The van der Waals surface area contributed by atoms with Gasteiger partial charge in [0.15, 0.2) is 0 Å². The summed E-state index contributed by atoms with van der Waals surface area (Å²) in [5.74, 6) is 0.290. The standard InChI is InChI=1S/C16H15N5O3/c1-24-13-8-6-12(7-9-13)21-15(17)19-16(20-21)18-11-4-2-10(3-5-11)14(22)23/h2-9H,1H3,(H,22,23)(H3,17,18,19,20). The summed E-state index contributed by atoms with van der Waals surface area (Å²) in [5.41, 5.74) is 7.51. The molecular formula is C16H15N5O3. The Morgan fingerprint density at radius 3 is 2.42 bits per heavy atom. The summed E-state index contributed by atoms with van der Waals surface area (Å²) in [6.45, 7) is 0. The van der Waals surface area contributed by atoms with Crippen LogP contribution in [0.1, 0.15) is 10.4 Å². The first kappa shape index (κ1) is 15.3. The molecular weight excluding hydrogens is 310 g/mol. The first-order valence-electron chi connectivity index (χ1n) is 7.04. The molecule has 0 amide bonds. The molecule has 8 heteroatoms. The normalized spacial score (nSPS) is 10.4. The van der Waals surface area contributed by atoms with Gasteiger partial charge in [0, 0.05) is 5.69 Å². The van der Waals surface area contributed by atoms with Crippen LogP contribution in [0.3, 0.4) is 0 Å². The Hall–Kier alpha value is -3.55. The van der Waals surface area contributed by atoms with Gasteiger partial charge in [-0.1, -0.05) is 0 Å². The number of nitrogens with zero attached hydrogens (tertiary/aromatic N) is 3. The van der Waals surface area contributed by atoms with Crippen molar-refractivity contribution in [2.24, 2.45) is 0 Å². The quantitative estimate of drug-likeness (QED) is 0.659. The van der Waals surface area contributed by atoms with Gasteiger partial charge in [-0.2, -0.15) is 9.67 Å². The highest BCUT2D eigenvalue weighted by molar-refractivity contribution is 5.88. The van der Waals surface area contributed by atoms with Crippen LogP contribution in [0.5, 0.6) is 5.75 Å². The van der Waals surface area contributed by atoms with Crippen molar-refractivity contribution in [2.75, 3.05) is 18.2 Å². The second-order valence-electron chi connectivity index (χ2n) is 4.91. The Bertz CT molecular complexity index is 856. The number of carbonyl (C=O) groups is 1. The molecule has 0 aliphatic rings. The van der Waals surface area contributed by atoms with Crippen molar-refractivity contribution in [1.29, 1.82) is 0 Å². The summed E-state index contributed by atoms with van der Waals surface area (Å²) in [7, 11) is 1.59. The van der Waals surface area contributed by atoms with E-state index in [9.17, 15) is 4.79 Å². The number of aromatic nitrogens is 3. The molecule has 0 aliphatic carbocycles. The number of aromatic carboxylic acids is 1. The molecule has 0 fully saturated rings. The van der Waals surface area contributed by atoms with E-state index in [1.807, 2.05) is 12.1 Å². The van der Waals surface area contributed by atoms with Crippen LogP contribution in [0, 0.1) is 0 Å². The van der Waals surface area contributed by atoms with Crippen LogP contribution >= 0.6 is 0 Å². The van der Waals surface area contributed by atoms with E-state index in [1.54, 1.807) is 31.4 Å². The molecule has 3 aromatic rings. The van der Waals surface area contributed by atoms with Crippen LogP contribution < -0.4 is 15.8 Å². The maximum atomic E-state index is 10.8. The molecule has 0 atom stereocenters. The minimum atomic E-state index is -0.979. The highest BCUT2D eigenvalue weighted by atomic mass is 16.5. The predicted octanol–water partition coefficient (Wildman–Crippen LogP) is 2.30. The number of carboxylic acids is 1. The minimum Gasteiger partial charge on any atom is -0.497 e. The number of methoxy groups -OCH3 is 1. The molecule has 4 N–H and O–H groups in total. The molecule has 0 unspecified atom stereocenters. The summed E-state index contributed by atoms with van der Waals surface area (Å²) in [6, 6.07) is 13.5. The average molecular weight is 325 g/mol. The summed E-state index contributed by atoms with van der Waals surface area (Å²) in [6.07, 6.45) is 0. The summed E-state index contributed by atoms with van der Waals surface area (Å²) < 4.78 is 6.61.